The summed E-state index contributed by atoms with van der Waals surface area (Å²) in [6, 6.07) is 5.58. The molecule has 0 atom stereocenters. The maximum atomic E-state index is 11.9. The highest BCUT2D eigenvalue weighted by molar-refractivity contribution is 7.91. The highest BCUT2D eigenvalue weighted by atomic mass is 35.5. The van der Waals surface area contributed by atoms with Crippen LogP contribution in [0.1, 0.15) is 19.4 Å². The maximum absolute atomic E-state index is 11.9. The van der Waals surface area contributed by atoms with E-state index in [-0.39, 0.29) is 11.0 Å². The van der Waals surface area contributed by atoms with Gasteiger partial charge in [-0.2, -0.15) is 0 Å². The van der Waals surface area contributed by atoms with Gasteiger partial charge in [0.1, 0.15) is 0 Å². The quantitative estimate of drug-likeness (QED) is 0.859. The monoisotopic (exact) mass is 288 g/mol. The van der Waals surface area contributed by atoms with E-state index in [1.807, 2.05) is 23.6 Å². The van der Waals surface area contributed by atoms with Gasteiger partial charge in [0.2, 0.25) is 0 Å². The van der Waals surface area contributed by atoms with Crippen LogP contribution in [-0.4, -0.2) is 13.7 Å². The van der Waals surface area contributed by atoms with Gasteiger partial charge in [0, 0.05) is 9.72 Å². The fourth-order valence-electron chi connectivity index (χ4n) is 1.55. The molecular weight excluding hydrogens is 276 g/mol. The third-order valence-corrected chi connectivity index (χ3v) is 6.09. The van der Waals surface area contributed by atoms with E-state index in [1.165, 1.54) is 0 Å². The van der Waals surface area contributed by atoms with Crippen molar-refractivity contribution in [1.29, 1.82) is 0 Å². The Hall–Kier alpha value is -0.580. The van der Waals surface area contributed by atoms with E-state index < -0.39 is 9.84 Å². The molecule has 17 heavy (non-hydrogen) atoms. The minimum absolute atomic E-state index is 0.0883. The SMILES string of the molecule is CC(C)S(=O)(=O)Cc1csc2ccc(Cl)cc12. The van der Waals surface area contributed by atoms with Gasteiger partial charge in [0.05, 0.1) is 11.0 Å². The second kappa shape index (κ2) is 4.59. The normalized spacial score (nSPS) is 12.5. The molecule has 1 aromatic heterocycles. The van der Waals surface area contributed by atoms with E-state index in [9.17, 15) is 8.42 Å². The summed E-state index contributed by atoms with van der Waals surface area (Å²) in [6.07, 6.45) is 0. The standard InChI is InChI=1S/C12H13ClO2S2/c1-8(2)17(14,15)7-9-6-16-12-4-3-10(13)5-11(9)12/h3-6,8H,7H2,1-2H3. The molecule has 0 fully saturated rings. The van der Waals surface area contributed by atoms with Crippen molar-refractivity contribution in [2.45, 2.75) is 24.9 Å². The van der Waals surface area contributed by atoms with Gasteiger partial charge in [-0.05, 0) is 48.4 Å². The van der Waals surface area contributed by atoms with Gasteiger partial charge < -0.3 is 0 Å². The van der Waals surface area contributed by atoms with Crippen LogP contribution in [0.25, 0.3) is 10.1 Å². The van der Waals surface area contributed by atoms with Crippen LogP contribution in [0.3, 0.4) is 0 Å². The van der Waals surface area contributed by atoms with Crippen LogP contribution in [0.5, 0.6) is 0 Å². The second-order valence-corrected chi connectivity index (χ2v) is 8.16. The molecule has 0 saturated heterocycles. The summed E-state index contributed by atoms with van der Waals surface area (Å²) < 4.78 is 24.9. The van der Waals surface area contributed by atoms with E-state index in [4.69, 9.17) is 11.6 Å². The third kappa shape index (κ3) is 2.64. The molecule has 0 saturated carbocycles. The number of fused-ring (bicyclic) bond motifs is 1. The Labute approximate surface area is 110 Å². The maximum Gasteiger partial charge on any atom is 0.156 e. The first-order chi connectivity index (χ1) is 7.90. The van der Waals surface area contributed by atoms with Crippen LogP contribution >= 0.6 is 22.9 Å². The summed E-state index contributed by atoms with van der Waals surface area (Å²) in [7, 11) is -3.06. The fourth-order valence-corrected chi connectivity index (χ4v) is 3.78. The summed E-state index contributed by atoms with van der Waals surface area (Å²) >= 11 is 7.49. The summed E-state index contributed by atoms with van der Waals surface area (Å²) in [4.78, 5) is 0. The Kier molecular flexibility index (Phi) is 3.48. The number of hydrogen-bond acceptors (Lipinski definition) is 3. The topological polar surface area (TPSA) is 34.1 Å². The summed E-state index contributed by atoms with van der Waals surface area (Å²) in [5.74, 6) is 0.0883. The lowest BCUT2D eigenvalue weighted by Crippen LogP contribution is -2.15. The van der Waals surface area contributed by atoms with E-state index in [0.717, 1.165) is 15.6 Å². The fraction of sp³-hybridized carbons (Fsp3) is 0.333. The predicted molar refractivity (Wildman–Crippen MR) is 74.6 cm³/mol. The lowest BCUT2D eigenvalue weighted by molar-refractivity contribution is 0.587. The summed E-state index contributed by atoms with van der Waals surface area (Å²) in [5.41, 5.74) is 0.848. The number of sulfone groups is 1. The van der Waals surface area contributed by atoms with E-state index in [0.29, 0.717) is 5.02 Å². The number of hydrogen-bond donors (Lipinski definition) is 0. The van der Waals surface area contributed by atoms with Crippen LogP contribution in [0.15, 0.2) is 23.6 Å². The molecule has 92 valence electrons. The molecule has 0 radical (unpaired) electrons. The zero-order valence-corrected chi connectivity index (χ0v) is 12.0. The van der Waals surface area contributed by atoms with Crippen molar-refractivity contribution >= 4 is 42.9 Å². The van der Waals surface area contributed by atoms with Crippen LogP contribution in [0.4, 0.5) is 0 Å². The van der Waals surface area contributed by atoms with Crippen LogP contribution in [0, 0.1) is 0 Å². The van der Waals surface area contributed by atoms with Gasteiger partial charge in [-0.25, -0.2) is 8.42 Å². The minimum atomic E-state index is -3.06. The molecule has 0 spiro atoms. The molecule has 0 amide bonds. The van der Waals surface area contributed by atoms with Crippen molar-refractivity contribution in [3.05, 3.63) is 34.2 Å². The molecule has 2 aromatic rings. The highest BCUT2D eigenvalue weighted by Gasteiger charge is 2.18. The molecule has 2 rings (SSSR count). The number of thiophene rings is 1. The van der Waals surface area contributed by atoms with Gasteiger partial charge in [-0.3, -0.25) is 0 Å². The average Bonchev–Trinajstić information content (AvgIpc) is 2.60. The smallest absolute Gasteiger partial charge is 0.156 e. The molecule has 2 nitrogen and oxygen atoms in total. The molecular formula is C12H13ClO2S2. The largest absolute Gasteiger partial charge is 0.228 e. The molecule has 1 aromatic carbocycles. The first-order valence-electron chi connectivity index (χ1n) is 5.27. The zero-order chi connectivity index (χ0) is 12.6. The van der Waals surface area contributed by atoms with Gasteiger partial charge in [-0.1, -0.05) is 11.6 Å². The van der Waals surface area contributed by atoms with Crippen molar-refractivity contribution in [3.63, 3.8) is 0 Å². The summed E-state index contributed by atoms with van der Waals surface area (Å²) in [6.45, 7) is 3.41. The van der Waals surface area contributed by atoms with Crippen molar-refractivity contribution < 1.29 is 8.42 Å². The average molecular weight is 289 g/mol. The van der Waals surface area contributed by atoms with Crippen LogP contribution in [0.2, 0.25) is 5.02 Å². The van der Waals surface area contributed by atoms with Gasteiger partial charge in [0.15, 0.2) is 9.84 Å². The van der Waals surface area contributed by atoms with Gasteiger partial charge in [0.25, 0.3) is 0 Å². The summed E-state index contributed by atoms with van der Waals surface area (Å²) in [5, 5.41) is 3.14. The lowest BCUT2D eigenvalue weighted by atomic mass is 10.2. The molecule has 0 unspecified atom stereocenters. The Balaban J connectivity index is 2.47. The highest BCUT2D eigenvalue weighted by Crippen LogP contribution is 2.30. The Morgan fingerprint density at radius 3 is 2.71 bits per heavy atom. The molecule has 0 N–H and O–H groups in total. The van der Waals surface area contributed by atoms with E-state index in [1.54, 1.807) is 25.2 Å². The molecule has 0 aliphatic heterocycles. The molecule has 0 aliphatic carbocycles. The Bertz CT molecular complexity index is 642. The number of benzene rings is 1. The van der Waals surface area contributed by atoms with E-state index in [2.05, 4.69) is 0 Å². The van der Waals surface area contributed by atoms with Crippen molar-refractivity contribution in [2.24, 2.45) is 0 Å². The minimum Gasteiger partial charge on any atom is -0.228 e. The van der Waals surface area contributed by atoms with Crippen molar-refractivity contribution in [1.82, 2.24) is 0 Å². The van der Waals surface area contributed by atoms with Crippen molar-refractivity contribution in [2.75, 3.05) is 0 Å². The molecule has 0 bridgehead atoms. The molecule has 0 aliphatic rings. The number of halogens is 1. The van der Waals surface area contributed by atoms with Gasteiger partial charge >= 0.3 is 0 Å². The first-order valence-corrected chi connectivity index (χ1v) is 8.24. The second-order valence-electron chi connectivity index (χ2n) is 4.26. The van der Waals surface area contributed by atoms with Gasteiger partial charge in [-0.15, -0.1) is 11.3 Å². The molecule has 5 heteroatoms. The Morgan fingerprint density at radius 2 is 2.06 bits per heavy atom. The Morgan fingerprint density at radius 1 is 1.35 bits per heavy atom. The predicted octanol–water partition coefficient (Wildman–Crippen LogP) is 3.88. The number of rotatable bonds is 3. The van der Waals surface area contributed by atoms with Crippen LogP contribution < -0.4 is 0 Å². The third-order valence-electron chi connectivity index (χ3n) is 2.69. The zero-order valence-electron chi connectivity index (χ0n) is 9.60. The molecule has 1 heterocycles. The van der Waals surface area contributed by atoms with E-state index >= 15 is 0 Å². The van der Waals surface area contributed by atoms with Crippen LogP contribution in [-0.2, 0) is 15.6 Å². The van der Waals surface area contributed by atoms with Crippen molar-refractivity contribution in [3.8, 4) is 0 Å². The first kappa shape index (κ1) is 12.9. The lowest BCUT2D eigenvalue weighted by Gasteiger charge is -2.06.